The Morgan fingerprint density at radius 2 is 1.81 bits per heavy atom. The Balaban J connectivity index is 1.27. The lowest BCUT2D eigenvalue weighted by molar-refractivity contribution is -0.137. The van der Waals surface area contributed by atoms with Gasteiger partial charge in [0, 0.05) is 43.0 Å². The van der Waals surface area contributed by atoms with Crippen LogP contribution in [0.3, 0.4) is 0 Å². The molecule has 1 aliphatic heterocycles. The van der Waals surface area contributed by atoms with Gasteiger partial charge < -0.3 is 14.8 Å². The van der Waals surface area contributed by atoms with Crippen LogP contribution < -0.4 is 10.1 Å². The van der Waals surface area contributed by atoms with Crippen LogP contribution in [-0.2, 0) is 17.5 Å². The van der Waals surface area contributed by atoms with Crippen molar-refractivity contribution in [2.45, 2.75) is 12.7 Å². The molecule has 36 heavy (non-hydrogen) atoms. The largest absolute Gasteiger partial charge is 0.439 e. The van der Waals surface area contributed by atoms with Gasteiger partial charge in [0.25, 0.3) is 0 Å². The average Bonchev–Trinajstić information content (AvgIpc) is 3.28. The molecule has 0 unspecified atom stereocenters. The van der Waals surface area contributed by atoms with Crippen LogP contribution in [0.5, 0.6) is 11.6 Å². The van der Waals surface area contributed by atoms with Gasteiger partial charge >= 0.3 is 12.2 Å². The third-order valence-electron chi connectivity index (χ3n) is 5.75. The molecule has 1 aliphatic rings. The van der Waals surface area contributed by atoms with Gasteiger partial charge in [0.1, 0.15) is 12.1 Å². The highest BCUT2D eigenvalue weighted by Gasteiger charge is 2.30. The second-order valence-corrected chi connectivity index (χ2v) is 8.25. The number of hydrogen-bond acceptors (Lipinski definition) is 6. The summed E-state index contributed by atoms with van der Waals surface area (Å²) in [6.07, 6.45) is -1.39. The van der Waals surface area contributed by atoms with Gasteiger partial charge in [-0.3, -0.25) is 9.47 Å². The number of carbonyl (C=O) groups excluding carboxylic acids is 1. The maximum Gasteiger partial charge on any atom is 0.416 e. The minimum absolute atomic E-state index is 0.256. The quantitative estimate of drug-likeness (QED) is 0.411. The van der Waals surface area contributed by atoms with Gasteiger partial charge in [-0.1, -0.05) is 0 Å². The number of halogens is 3. The molecule has 0 radical (unpaired) electrons. The Morgan fingerprint density at radius 1 is 1.03 bits per heavy atom. The summed E-state index contributed by atoms with van der Waals surface area (Å²) < 4.78 is 50.9. The van der Waals surface area contributed by atoms with Crippen LogP contribution in [-0.4, -0.2) is 51.8 Å². The van der Waals surface area contributed by atoms with Crippen molar-refractivity contribution in [3.05, 3.63) is 78.4 Å². The Labute approximate surface area is 204 Å². The van der Waals surface area contributed by atoms with E-state index < -0.39 is 17.8 Å². The number of fused-ring (bicyclic) bond motifs is 1. The van der Waals surface area contributed by atoms with E-state index in [-0.39, 0.29) is 5.69 Å². The molecular weight excluding hydrogens is 475 g/mol. The zero-order valence-corrected chi connectivity index (χ0v) is 19.0. The Kier molecular flexibility index (Phi) is 6.57. The monoisotopic (exact) mass is 497 g/mol. The van der Waals surface area contributed by atoms with Crippen molar-refractivity contribution in [3.63, 3.8) is 0 Å². The summed E-state index contributed by atoms with van der Waals surface area (Å²) in [6.45, 7) is 3.78. The van der Waals surface area contributed by atoms with Crippen molar-refractivity contribution >= 4 is 22.6 Å². The first-order valence-electron chi connectivity index (χ1n) is 11.2. The summed E-state index contributed by atoms with van der Waals surface area (Å²) >= 11 is 0. The smallest absolute Gasteiger partial charge is 0.416 e. The first kappa shape index (κ1) is 23.8. The van der Waals surface area contributed by atoms with Gasteiger partial charge in [-0.15, -0.1) is 0 Å². The van der Waals surface area contributed by atoms with Gasteiger partial charge in [0.05, 0.1) is 30.0 Å². The van der Waals surface area contributed by atoms with Crippen molar-refractivity contribution in [3.8, 4) is 11.6 Å². The second-order valence-electron chi connectivity index (χ2n) is 8.25. The molecule has 186 valence electrons. The van der Waals surface area contributed by atoms with E-state index >= 15 is 0 Å². The molecule has 5 rings (SSSR count). The van der Waals surface area contributed by atoms with E-state index in [0.717, 1.165) is 36.3 Å². The zero-order valence-electron chi connectivity index (χ0n) is 19.0. The van der Waals surface area contributed by atoms with Crippen LogP contribution in [0.1, 0.15) is 11.3 Å². The fraction of sp³-hybridized carbons (Fsp3) is 0.240. The number of nitrogens with zero attached hydrogens (tertiary/aromatic N) is 4. The van der Waals surface area contributed by atoms with Crippen molar-refractivity contribution < 1.29 is 27.4 Å². The minimum Gasteiger partial charge on any atom is -0.439 e. The van der Waals surface area contributed by atoms with Crippen LogP contribution >= 0.6 is 0 Å². The number of amides is 1. The van der Waals surface area contributed by atoms with E-state index in [9.17, 15) is 18.0 Å². The lowest BCUT2D eigenvalue weighted by Crippen LogP contribution is -2.35. The second kappa shape index (κ2) is 9.96. The standard InChI is InChI=1S/C25H22F3N5O3/c26-25(27,28)18-1-3-19(4-2-18)31-24(34)33-8-7-17-13-21(5-6-22(17)33)36-23-14-20(29-16-30-23)15-32-9-11-35-12-10-32/h1-8,13-14,16H,9-12,15H2,(H,31,34). The molecule has 0 saturated carbocycles. The Hall–Kier alpha value is -3.96. The highest BCUT2D eigenvalue weighted by Crippen LogP contribution is 2.30. The van der Waals surface area contributed by atoms with E-state index in [1.165, 1.54) is 23.0 Å². The highest BCUT2D eigenvalue weighted by atomic mass is 19.4. The molecule has 0 aliphatic carbocycles. The van der Waals surface area contributed by atoms with Gasteiger partial charge in [-0.2, -0.15) is 13.2 Å². The zero-order chi connectivity index (χ0) is 25.1. The maximum atomic E-state index is 12.8. The number of rotatable bonds is 5. The van der Waals surface area contributed by atoms with Gasteiger partial charge in [-0.05, 0) is 48.5 Å². The SMILES string of the molecule is O=C(Nc1ccc(C(F)(F)F)cc1)n1ccc2cc(Oc3cc(CN4CCOCC4)ncn3)ccc21. The van der Waals surface area contributed by atoms with Gasteiger partial charge in [0.2, 0.25) is 5.88 Å². The maximum absolute atomic E-state index is 12.8. The fourth-order valence-corrected chi connectivity index (χ4v) is 3.92. The molecule has 2 aromatic heterocycles. The van der Waals surface area contributed by atoms with E-state index in [0.29, 0.717) is 36.9 Å². The summed E-state index contributed by atoms with van der Waals surface area (Å²) in [5.74, 6) is 0.950. The van der Waals surface area contributed by atoms with E-state index in [1.807, 2.05) is 0 Å². The molecule has 4 aromatic rings. The molecular formula is C25H22F3N5O3. The van der Waals surface area contributed by atoms with Crippen molar-refractivity contribution in [1.82, 2.24) is 19.4 Å². The summed E-state index contributed by atoms with van der Waals surface area (Å²) in [6, 6.07) is 12.5. The van der Waals surface area contributed by atoms with Crippen LogP contribution in [0.4, 0.5) is 23.7 Å². The van der Waals surface area contributed by atoms with Crippen LogP contribution in [0.2, 0.25) is 0 Å². The fourth-order valence-electron chi connectivity index (χ4n) is 3.92. The normalized spacial score (nSPS) is 14.6. The summed E-state index contributed by atoms with van der Waals surface area (Å²) in [5.41, 5.74) is 0.930. The molecule has 1 N–H and O–H groups in total. The topological polar surface area (TPSA) is 81.5 Å². The molecule has 0 spiro atoms. The van der Waals surface area contributed by atoms with Crippen LogP contribution in [0.25, 0.3) is 10.9 Å². The lowest BCUT2D eigenvalue weighted by atomic mass is 10.2. The summed E-state index contributed by atoms with van der Waals surface area (Å²) in [4.78, 5) is 23.5. The third kappa shape index (κ3) is 5.47. The van der Waals surface area contributed by atoms with Crippen molar-refractivity contribution in [1.29, 1.82) is 0 Å². The number of ether oxygens (including phenoxy) is 2. The van der Waals surface area contributed by atoms with E-state index in [1.54, 1.807) is 36.5 Å². The number of hydrogen-bond donors (Lipinski definition) is 1. The van der Waals surface area contributed by atoms with Crippen molar-refractivity contribution in [2.75, 3.05) is 31.6 Å². The van der Waals surface area contributed by atoms with E-state index in [2.05, 4.69) is 20.2 Å². The predicted molar refractivity (Wildman–Crippen MR) is 126 cm³/mol. The Morgan fingerprint density at radius 3 is 2.56 bits per heavy atom. The van der Waals surface area contributed by atoms with Crippen molar-refractivity contribution in [2.24, 2.45) is 0 Å². The lowest BCUT2D eigenvalue weighted by Gasteiger charge is -2.26. The number of nitrogens with one attached hydrogen (secondary N) is 1. The molecule has 2 aromatic carbocycles. The molecule has 1 saturated heterocycles. The van der Waals surface area contributed by atoms with Crippen LogP contribution in [0.15, 0.2) is 67.1 Å². The number of alkyl halides is 3. The third-order valence-corrected chi connectivity index (χ3v) is 5.75. The molecule has 3 heterocycles. The first-order valence-corrected chi connectivity index (χ1v) is 11.2. The van der Waals surface area contributed by atoms with Crippen LogP contribution in [0, 0.1) is 0 Å². The average molecular weight is 497 g/mol. The van der Waals surface area contributed by atoms with E-state index in [4.69, 9.17) is 9.47 Å². The first-order chi connectivity index (χ1) is 17.3. The predicted octanol–water partition coefficient (Wildman–Crippen LogP) is 5.15. The molecule has 1 fully saturated rings. The van der Waals surface area contributed by atoms with Gasteiger partial charge in [0.15, 0.2) is 0 Å². The molecule has 11 heteroatoms. The molecule has 1 amide bonds. The Bertz CT molecular complexity index is 1370. The minimum atomic E-state index is -4.44. The number of aromatic nitrogens is 3. The summed E-state index contributed by atoms with van der Waals surface area (Å²) in [5, 5.41) is 3.35. The molecule has 8 nitrogen and oxygen atoms in total. The number of anilines is 1. The highest BCUT2D eigenvalue weighted by molar-refractivity contribution is 5.98. The summed E-state index contributed by atoms with van der Waals surface area (Å²) in [7, 11) is 0. The number of carbonyl (C=O) groups is 1. The number of morpholine rings is 1. The number of benzene rings is 2. The molecule has 0 atom stereocenters. The molecule has 0 bridgehead atoms. The van der Waals surface area contributed by atoms with Gasteiger partial charge in [-0.25, -0.2) is 14.8 Å².